The van der Waals surface area contributed by atoms with Gasteiger partial charge in [0.25, 0.3) is 5.91 Å². The third kappa shape index (κ3) is 2.11. The standard InChI is InChI=1S/C15H21N5O3/c1-18-14(23)16-11(17-18)12(21)20-9-3-7-15(20)6-2-8-19(13(15)22)10-4-5-10/h10H,2-9H2,1H3,(H,16,17,23). The summed E-state index contributed by atoms with van der Waals surface area (Å²) < 4.78 is 1.11. The summed E-state index contributed by atoms with van der Waals surface area (Å²) in [4.78, 5) is 43.6. The van der Waals surface area contributed by atoms with E-state index < -0.39 is 11.2 Å². The van der Waals surface area contributed by atoms with Crippen molar-refractivity contribution in [3.05, 3.63) is 16.3 Å². The van der Waals surface area contributed by atoms with Crippen LogP contribution in [-0.4, -0.2) is 61.0 Å². The Kier molecular flexibility index (Phi) is 3.11. The zero-order valence-corrected chi connectivity index (χ0v) is 13.2. The summed E-state index contributed by atoms with van der Waals surface area (Å²) in [5, 5.41) is 3.96. The molecule has 1 unspecified atom stereocenters. The SMILES string of the molecule is Cn1nc(C(=O)N2CCCC23CCCN(C2CC2)C3=O)[nH]c1=O. The van der Waals surface area contributed by atoms with Crippen molar-refractivity contribution < 1.29 is 9.59 Å². The third-order valence-electron chi connectivity index (χ3n) is 5.34. The van der Waals surface area contributed by atoms with E-state index in [4.69, 9.17) is 0 Å². The fourth-order valence-corrected chi connectivity index (χ4v) is 4.04. The highest BCUT2D eigenvalue weighted by Gasteiger charge is 2.55. The van der Waals surface area contributed by atoms with Gasteiger partial charge in [0.1, 0.15) is 5.54 Å². The first kappa shape index (κ1) is 14.5. The maximum absolute atomic E-state index is 13.1. The Hall–Kier alpha value is -2.12. The number of piperidine rings is 1. The number of carbonyl (C=O) groups is 2. The average molecular weight is 319 g/mol. The first-order valence-corrected chi connectivity index (χ1v) is 8.29. The normalized spacial score (nSPS) is 28.0. The molecule has 1 atom stereocenters. The second-order valence-corrected chi connectivity index (χ2v) is 6.83. The van der Waals surface area contributed by atoms with Crippen LogP contribution in [0.3, 0.4) is 0 Å². The lowest BCUT2D eigenvalue weighted by Crippen LogP contribution is -2.61. The van der Waals surface area contributed by atoms with Crippen LogP contribution in [0.15, 0.2) is 4.79 Å². The van der Waals surface area contributed by atoms with Crippen LogP contribution in [0.25, 0.3) is 0 Å². The van der Waals surface area contributed by atoms with Gasteiger partial charge in [0.15, 0.2) is 0 Å². The number of nitrogens with zero attached hydrogens (tertiary/aromatic N) is 4. The topological polar surface area (TPSA) is 91.3 Å². The Morgan fingerprint density at radius 1 is 1.22 bits per heavy atom. The molecule has 1 aromatic rings. The van der Waals surface area contributed by atoms with Gasteiger partial charge in [-0.1, -0.05) is 0 Å². The molecular formula is C15H21N5O3. The molecule has 1 spiro atoms. The van der Waals surface area contributed by atoms with Crippen LogP contribution in [0.5, 0.6) is 0 Å². The van der Waals surface area contributed by atoms with Gasteiger partial charge in [0.2, 0.25) is 11.7 Å². The average Bonchev–Trinajstić information content (AvgIpc) is 3.20. The molecule has 0 bridgehead atoms. The van der Waals surface area contributed by atoms with Crippen molar-refractivity contribution in [3.63, 3.8) is 0 Å². The van der Waals surface area contributed by atoms with E-state index in [1.807, 2.05) is 4.90 Å². The van der Waals surface area contributed by atoms with Gasteiger partial charge in [-0.25, -0.2) is 9.48 Å². The Labute approximate surface area is 133 Å². The molecule has 8 heteroatoms. The van der Waals surface area contributed by atoms with Crippen molar-refractivity contribution in [2.24, 2.45) is 7.05 Å². The Morgan fingerprint density at radius 3 is 2.52 bits per heavy atom. The van der Waals surface area contributed by atoms with Gasteiger partial charge < -0.3 is 9.80 Å². The molecule has 1 aromatic heterocycles. The minimum Gasteiger partial charge on any atom is -0.338 e. The first-order chi connectivity index (χ1) is 11.0. The van der Waals surface area contributed by atoms with E-state index in [1.54, 1.807) is 4.90 Å². The van der Waals surface area contributed by atoms with Crippen molar-refractivity contribution in [2.75, 3.05) is 13.1 Å². The fraction of sp³-hybridized carbons (Fsp3) is 0.733. The van der Waals surface area contributed by atoms with Crippen LogP contribution in [0.4, 0.5) is 0 Å². The van der Waals surface area contributed by atoms with Gasteiger partial charge in [-0.15, -0.1) is 5.10 Å². The molecular weight excluding hydrogens is 298 g/mol. The molecule has 0 aromatic carbocycles. The lowest BCUT2D eigenvalue weighted by atomic mass is 9.85. The molecule has 4 rings (SSSR count). The lowest BCUT2D eigenvalue weighted by Gasteiger charge is -2.44. The number of likely N-dealkylation sites (tertiary alicyclic amines) is 2. The number of rotatable bonds is 2. The number of hydrogen-bond donors (Lipinski definition) is 1. The fourth-order valence-electron chi connectivity index (χ4n) is 4.04. The Balaban J connectivity index is 1.66. The predicted octanol–water partition coefficient (Wildman–Crippen LogP) is -0.132. The summed E-state index contributed by atoms with van der Waals surface area (Å²) in [6.07, 6.45) is 5.29. The quantitative estimate of drug-likeness (QED) is 0.822. The van der Waals surface area contributed by atoms with Gasteiger partial charge >= 0.3 is 5.69 Å². The van der Waals surface area contributed by atoms with E-state index in [9.17, 15) is 14.4 Å². The van der Waals surface area contributed by atoms with Gasteiger partial charge in [0, 0.05) is 26.2 Å². The van der Waals surface area contributed by atoms with E-state index in [-0.39, 0.29) is 17.6 Å². The van der Waals surface area contributed by atoms with Crippen LogP contribution in [0.2, 0.25) is 0 Å². The highest BCUT2D eigenvalue weighted by molar-refractivity contribution is 5.98. The minimum atomic E-state index is -0.730. The predicted molar refractivity (Wildman–Crippen MR) is 80.8 cm³/mol. The molecule has 23 heavy (non-hydrogen) atoms. The largest absolute Gasteiger partial charge is 0.343 e. The van der Waals surface area contributed by atoms with E-state index in [2.05, 4.69) is 10.1 Å². The summed E-state index contributed by atoms with van der Waals surface area (Å²) in [6.45, 7) is 1.34. The number of amides is 2. The molecule has 1 aliphatic carbocycles. The van der Waals surface area contributed by atoms with E-state index in [1.165, 1.54) is 7.05 Å². The van der Waals surface area contributed by atoms with Crippen molar-refractivity contribution >= 4 is 11.8 Å². The molecule has 2 saturated heterocycles. The molecule has 2 aliphatic heterocycles. The van der Waals surface area contributed by atoms with E-state index in [0.29, 0.717) is 25.4 Å². The second-order valence-electron chi connectivity index (χ2n) is 6.83. The molecule has 8 nitrogen and oxygen atoms in total. The second kappa shape index (κ2) is 4.94. The highest BCUT2D eigenvalue weighted by atomic mass is 16.2. The van der Waals surface area contributed by atoms with Gasteiger partial charge in [-0.05, 0) is 38.5 Å². The Morgan fingerprint density at radius 2 is 1.91 bits per heavy atom. The van der Waals surface area contributed by atoms with E-state index >= 15 is 0 Å². The highest BCUT2D eigenvalue weighted by Crippen LogP contribution is 2.42. The maximum atomic E-state index is 13.1. The molecule has 1 saturated carbocycles. The number of carbonyl (C=O) groups excluding carboxylic acids is 2. The van der Waals surface area contributed by atoms with Gasteiger partial charge in [-0.2, -0.15) is 0 Å². The van der Waals surface area contributed by atoms with Gasteiger partial charge in [0.05, 0.1) is 0 Å². The molecule has 124 valence electrons. The summed E-state index contributed by atoms with van der Waals surface area (Å²) in [7, 11) is 1.50. The number of aromatic nitrogens is 3. The smallest absolute Gasteiger partial charge is 0.338 e. The monoisotopic (exact) mass is 319 g/mol. The lowest BCUT2D eigenvalue weighted by molar-refractivity contribution is -0.146. The zero-order chi connectivity index (χ0) is 16.2. The number of aryl methyl sites for hydroxylation is 1. The number of aromatic amines is 1. The van der Waals surface area contributed by atoms with Gasteiger partial charge in [-0.3, -0.25) is 14.6 Å². The molecule has 3 heterocycles. The summed E-state index contributed by atoms with van der Waals surface area (Å²) in [5.41, 5.74) is -1.15. The molecule has 0 radical (unpaired) electrons. The van der Waals surface area contributed by atoms with E-state index in [0.717, 1.165) is 36.9 Å². The maximum Gasteiger partial charge on any atom is 0.343 e. The summed E-state index contributed by atoms with van der Waals surface area (Å²) in [6, 6.07) is 0.367. The molecule has 1 N–H and O–H groups in total. The van der Waals surface area contributed by atoms with Crippen LogP contribution in [0.1, 0.15) is 49.1 Å². The molecule has 3 fully saturated rings. The van der Waals surface area contributed by atoms with Crippen LogP contribution >= 0.6 is 0 Å². The number of hydrogen-bond acceptors (Lipinski definition) is 4. The third-order valence-corrected chi connectivity index (χ3v) is 5.34. The van der Waals surface area contributed by atoms with Crippen molar-refractivity contribution in [1.82, 2.24) is 24.6 Å². The number of H-pyrrole nitrogens is 1. The Bertz CT molecular complexity index is 719. The summed E-state index contributed by atoms with van der Waals surface area (Å²) in [5.74, 6) is -0.225. The zero-order valence-electron chi connectivity index (χ0n) is 13.2. The van der Waals surface area contributed by atoms with Crippen molar-refractivity contribution in [3.8, 4) is 0 Å². The summed E-state index contributed by atoms with van der Waals surface area (Å²) >= 11 is 0. The first-order valence-electron chi connectivity index (χ1n) is 8.29. The number of nitrogens with one attached hydrogen (secondary N) is 1. The van der Waals surface area contributed by atoms with Crippen molar-refractivity contribution in [2.45, 2.75) is 50.1 Å². The van der Waals surface area contributed by atoms with Crippen LogP contribution in [-0.2, 0) is 11.8 Å². The van der Waals surface area contributed by atoms with Crippen LogP contribution < -0.4 is 5.69 Å². The van der Waals surface area contributed by atoms with Crippen LogP contribution in [0, 0.1) is 0 Å². The molecule has 3 aliphatic rings. The molecule has 2 amide bonds. The minimum absolute atomic E-state index is 0.0233. The van der Waals surface area contributed by atoms with Crippen molar-refractivity contribution in [1.29, 1.82) is 0 Å².